The molecular formula is C15H14ClFN2O3S. The number of carbonyl (C=O) groups excluding carboxylic acids is 1. The summed E-state index contributed by atoms with van der Waals surface area (Å²) in [7, 11) is -3.97. The average Bonchev–Trinajstić information content (AvgIpc) is 2.42. The van der Waals surface area contributed by atoms with Gasteiger partial charge in [-0.2, -0.15) is 0 Å². The van der Waals surface area contributed by atoms with E-state index in [-0.39, 0.29) is 21.7 Å². The van der Waals surface area contributed by atoms with Gasteiger partial charge in [-0.25, -0.2) is 12.8 Å². The zero-order valence-electron chi connectivity index (χ0n) is 12.4. The first-order chi connectivity index (χ1) is 10.6. The Morgan fingerprint density at radius 2 is 1.87 bits per heavy atom. The molecule has 0 saturated heterocycles. The number of benzene rings is 2. The van der Waals surface area contributed by atoms with Gasteiger partial charge in [0.25, 0.3) is 10.0 Å². The van der Waals surface area contributed by atoms with E-state index in [9.17, 15) is 17.6 Å². The summed E-state index contributed by atoms with van der Waals surface area (Å²) in [6.45, 7) is 2.99. The minimum Gasteiger partial charge on any atom is -0.366 e. The van der Waals surface area contributed by atoms with Crippen LogP contribution in [0.5, 0.6) is 0 Å². The molecule has 0 saturated carbocycles. The van der Waals surface area contributed by atoms with E-state index in [1.807, 2.05) is 0 Å². The molecule has 3 N–H and O–H groups in total. The Hall–Kier alpha value is -2.12. The predicted octanol–water partition coefficient (Wildman–Crippen LogP) is 3.00. The van der Waals surface area contributed by atoms with Gasteiger partial charge >= 0.3 is 0 Å². The van der Waals surface area contributed by atoms with Crippen molar-refractivity contribution in [3.63, 3.8) is 0 Å². The number of anilines is 1. The van der Waals surface area contributed by atoms with Crippen LogP contribution in [0, 0.1) is 19.7 Å². The molecule has 0 unspecified atom stereocenters. The number of nitrogens with two attached hydrogens (primary N) is 1. The minimum absolute atomic E-state index is 0.00573. The lowest BCUT2D eigenvalue weighted by atomic mass is 10.1. The molecule has 8 heteroatoms. The number of aryl methyl sites for hydroxylation is 1. The number of hydrogen-bond donors (Lipinski definition) is 2. The van der Waals surface area contributed by atoms with Crippen molar-refractivity contribution in [1.29, 1.82) is 0 Å². The molecule has 0 radical (unpaired) electrons. The summed E-state index contributed by atoms with van der Waals surface area (Å²) in [5, 5.41) is 0.402. The Balaban J connectivity index is 2.51. The van der Waals surface area contributed by atoms with Gasteiger partial charge in [0.15, 0.2) is 0 Å². The number of rotatable bonds is 4. The normalized spacial score (nSPS) is 11.3. The van der Waals surface area contributed by atoms with Crippen LogP contribution in [0.3, 0.4) is 0 Å². The minimum atomic E-state index is -3.97. The molecule has 0 aromatic heterocycles. The molecule has 0 aliphatic carbocycles. The highest BCUT2D eigenvalue weighted by atomic mass is 35.5. The monoisotopic (exact) mass is 356 g/mol. The van der Waals surface area contributed by atoms with Gasteiger partial charge in [-0.1, -0.05) is 11.6 Å². The number of halogens is 2. The lowest BCUT2D eigenvalue weighted by molar-refractivity contribution is 0.1000. The Morgan fingerprint density at radius 1 is 1.22 bits per heavy atom. The maximum atomic E-state index is 13.8. The van der Waals surface area contributed by atoms with Crippen molar-refractivity contribution in [3.05, 3.63) is 57.9 Å². The molecule has 0 aliphatic rings. The van der Waals surface area contributed by atoms with Gasteiger partial charge in [-0.05, 0) is 49.7 Å². The fourth-order valence-electron chi connectivity index (χ4n) is 2.04. The second-order valence-corrected chi connectivity index (χ2v) is 7.10. The summed E-state index contributed by atoms with van der Waals surface area (Å²) in [4.78, 5) is 11.2. The van der Waals surface area contributed by atoms with Gasteiger partial charge in [0.1, 0.15) is 5.82 Å². The van der Waals surface area contributed by atoms with Crippen LogP contribution in [0.15, 0.2) is 35.2 Å². The predicted molar refractivity (Wildman–Crippen MR) is 86.7 cm³/mol. The van der Waals surface area contributed by atoms with E-state index in [0.717, 1.165) is 6.07 Å². The van der Waals surface area contributed by atoms with Crippen molar-refractivity contribution in [2.75, 3.05) is 4.72 Å². The molecule has 0 heterocycles. The van der Waals surface area contributed by atoms with E-state index >= 15 is 0 Å². The van der Waals surface area contributed by atoms with E-state index in [0.29, 0.717) is 10.6 Å². The zero-order chi connectivity index (χ0) is 17.4. The molecule has 1 amide bonds. The molecule has 2 aromatic rings. The first-order valence-corrected chi connectivity index (χ1v) is 8.37. The highest BCUT2D eigenvalue weighted by Crippen LogP contribution is 2.26. The number of nitrogens with one attached hydrogen (secondary N) is 1. The molecule has 5 nitrogen and oxygen atoms in total. The molecule has 0 bridgehead atoms. The molecule has 2 aromatic carbocycles. The van der Waals surface area contributed by atoms with Gasteiger partial charge < -0.3 is 5.73 Å². The molecule has 0 atom stereocenters. The first kappa shape index (κ1) is 17.2. The molecule has 2 rings (SSSR count). The van der Waals surface area contributed by atoms with Crippen molar-refractivity contribution in [3.8, 4) is 0 Å². The fourth-order valence-corrected chi connectivity index (χ4v) is 3.61. The Labute approximate surface area is 138 Å². The number of amides is 1. The SMILES string of the molecule is Cc1cc(Cl)ccc1S(=O)(=O)Nc1cc(C(N)=O)cc(F)c1C. The van der Waals surface area contributed by atoms with Gasteiger partial charge in [0, 0.05) is 16.1 Å². The fraction of sp³-hybridized carbons (Fsp3) is 0.133. The summed E-state index contributed by atoms with van der Waals surface area (Å²) in [6, 6.07) is 6.45. The van der Waals surface area contributed by atoms with Gasteiger partial charge in [0.2, 0.25) is 5.91 Å². The van der Waals surface area contributed by atoms with Gasteiger partial charge in [0.05, 0.1) is 10.6 Å². The Bertz CT molecular complexity index is 898. The van der Waals surface area contributed by atoms with Gasteiger partial charge in [-0.3, -0.25) is 9.52 Å². The second kappa shape index (κ2) is 6.17. The van der Waals surface area contributed by atoms with E-state index < -0.39 is 21.7 Å². The third-order valence-corrected chi connectivity index (χ3v) is 5.06. The third-order valence-electron chi connectivity index (χ3n) is 3.30. The standard InChI is InChI=1S/C15H14ClFN2O3S/c1-8-5-11(16)3-4-14(8)23(21,22)19-13-7-10(15(18)20)6-12(17)9(13)2/h3-7,19H,1-2H3,(H2,18,20). The smallest absolute Gasteiger partial charge is 0.262 e. The summed E-state index contributed by atoms with van der Waals surface area (Å²) in [5.74, 6) is -1.58. The number of hydrogen-bond acceptors (Lipinski definition) is 3. The quantitative estimate of drug-likeness (QED) is 0.882. The van der Waals surface area contributed by atoms with Crippen LogP contribution in [-0.4, -0.2) is 14.3 Å². The topological polar surface area (TPSA) is 89.3 Å². The van der Waals surface area contributed by atoms with Crippen LogP contribution >= 0.6 is 11.6 Å². The van der Waals surface area contributed by atoms with E-state index in [1.54, 1.807) is 6.92 Å². The van der Waals surface area contributed by atoms with Crippen LogP contribution in [0.1, 0.15) is 21.5 Å². The molecular weight excluding hydrogens is 343 g/mol. The van der Waals surface area contributed by atoms with Crippen LogP contribution in [-0.2, 0) is 10.0 Å². The largest absolute Gasteiger partial charge is 0.366 e. The van der Waals surface area contributed by atoms with Crippen LogP contribution in [0.4, 0.5) is 10.1 Å². The molecule has 23 heavy (non-hydrogen) atoms. The van der Waals surface area contributed by atoms with Crippen LogP contribution < -0.4 is 10.5 Å². The van der Waals surface area contributed by atoms with Crippen molar-refractivity contribution in [2.45, 2.75) is 18.7 Å². The van der Waals surface area contributed by atoms with E-state index in [2.05, 4.69) is 4.72 Å². The summed E-state index contributed by atoms with van der Waals surface area (Å²) >= 11 is 5.81. The Kier molecular flexibility index (Phi) is 4.63. The highest BCUT2D eigenvalue weighted by molar-refractivity contribution is 7.92. The Morgan fingerprint density at radius 3 is 2.43 bits per heavy atom. The molecule has 0 spiro atoms. The van der Waals surface area contributed by atoms with Crippen molar-refractivity contribution >= 4 is 33.2 Å². The number of carbonyl (C=O) groups is 1. The van der Waals surface area contributed by atoms with Crippen LogP contribution in [0.2, 0.25) is 5.02 Å². The van der Waals surface area contributed by atoms with Crippen LogP contribution in [0.25, 0.3) is 0 Å². The van der Waals surface area contributed by atoms with E-state index in [4.69, 9.17) is 17.3 Å². The molecule has 122 valence electrons. The number of primary amides is 1. The molecule has 0 fully saturated rings. The average molecular weight is 357 g/mol. The number of sulfonamides is 1. The van der Waals surface area contributed by atoms with E-state index in [1.165, 1.54) is 31.2 Å². The lowest BCUT2D eigenvalue weighted by Gasteiger charge is -2.14. The summed E-state index contributed by atoms with van der Waals surface area (Å²) in [6.07, 6.45) is 0. The third kappa shape index (κ3) is 3.62. The summed E-state index contributed by atoms with van der Waals surface area (Å²) in [5.41, 5.74) is 5.44. The highest BCUT2D eigenvalue weighted by Gasteiger charge is 2.20. The first-order valence-electron chi connectivity index (χ1n) is 6.51. The van der Waals surface area contributed by atoms with Gasteiger partial charge in [-0.15, -0.1) is 0 Å². The second-order valence-electron chi connectivity index (χ2n) is 5.01. The van der Waals surface area contributed by atoms with Crippen molar-refractivity contribution in [2.24, 2.45) is 5.73 Å². The lowest BCUT2D eigenvalue weighted by Crippen LogP contribution is -2.17. The summed E-state index contributed by atoms with van der Waals surface area (Å²) < 4.78 is 41.1. The van der Waals surface area contributed by atoms with Crippen molar-refractivity contribution < 1.29 is 17.6 Å². The van der Waals surface area contributed by atoms with Crippen molar-refractivity contribution in [1.82, 2.24) is 0 Å². The maximum absolute atomic E-state index is 13.8. The maximum Gasteiger partial charge on any atom is 0.262 e. The molecule has 0 aliphatic heterocycles. The zero-order valence-corrected chi connectivity index (χ0v) is 13.9.